The third kappa shape index (κ3) is 3.19. The van der Waals surface area contributed by atoms with Crippen molar-refractivity contribution < 1.29 is 18.3 Å². The number of hydrogen-bond donors (Lipinski definition) is 1. The molecule has 4 heterocycles. The molecule has 5 rings (SSSR count). The number of benzene rings is 1. The summed E-state index contributed by atoms with van der Waals surface area (Å²) in [6.07, 6.45) is 4.36. The summed E-state index contributed by atoms with van der Waals surface area (Å²) in [4.78, 5) is 23.2. The molecule has 3 aromatic rings. The largest absolute Gasteiger partial charge is 0.377 e. The van der Waals surface area contributed by atoms with Crippen molar-refractivity contribution in [3.05, 3.63) is 53.5 Å². The fourth-order valence-electron chi connectivity index (χ4n) is 3.76. The number of fused-ring (bicyclic) bond motifs is 1. The van der Waals surface area contributed by atoms with Crippen LogP contribution in [-0.4, -0.2) is 51.3 Å². The van der Waals surface area contributed by atoms with Gasteiger partial charge in [-0.05, 0) is 31.0 Å². The Hall–Kier alpha value is -3.14. The number of amides is 1. The quantitative estimate of drug-likeness (QED) is 0.720. The highest BCUT2D eigenvalue weighted by atomic mass is 19.1. The molecule has 2 aromatic heterocycles. The fourth-order valence-corrected chi connectivity index (χ4v) is 3.76. The molecule has 150 valence electrons. The van der Waals surface area contributed by atoms with E-state index in [1.807, 2.05) is 4.90 Å². The van der Waals surface area contributed by atoms with E-state index in [0.717, 1.165) is 18.6 Å². The Morgan fingerprint density at radius 3 is 2.93 bits per heavy atom. The number of anilines is 1. The van der Waals surface area contributed by atoms with Crippen molar-refractivity contribution in [3.63, 3.8) is 0 Å². The molecule has 0 bridgehead atoms. The van der Waals surface area contributed by atoms with Gasteiger partial charge in [-0.3, -0.25) is 4.79 Å². The van der Waals surface area contributed by atoms with Gasteiger partial charge >= 0.3 is 0 Å². The number of nitrogens with zero attached hydrogens (tertiary/aromatic N) is 5. The minimum Gasteiger partial charge on any atom is -0.377 e. The molecule has 2 aliphatic heterocycles. The molecule has 1 N–H and O–H groups in total. The van der Waals surface area contributed by atoms with Gasteiger partial charge in [-0.2, -0.15) is 10.1 Å². The van der Waals surface area contributed by atoms with Gasteiger partial charge in [0.1, 0.15) is 23.5 Å². The minimum atomic E-state index is -0.487. The van der Waals surface area contributed by atoms with Gasteiger partial charge in [0, 0.05) is 12.1 Å². The molecular formula is C19H18F2N6O2. The molecular weight excluding hydrogens is 382 g/mol. The van der Waals surface area contributed by atoms with E-state index in [2.05, 4.69) is 20.4 Å². The topological polar surface area (TPSA) is 84.6 Å². The Morgan fingerprint density at radius 1 is 1.28 bits per heavy atom. The summed E-state index contributed by atoms with van der Waals surface area (Å²) in [5.41, 5.74) is 0.966. The van der Waals surface area contributed by atoms with Gasteiger partial charge in [-0.15, -0.1) is 0 Å². The highest BCUT2D eigenvalue weighted by Gasteiger charge is 2.31. The van der Waals surface area contributed by atoms with Crippen molar-refractivity contribution in [2.24, 2.45) is 0 Å². The van der Waals surface area contributed by atoms with Crippen molar-refractivity contribution in [2.45, 2.75) is 24.9 Å². The third-order valence-electron chi connectivity index (χ3n) is 5.30. The van der Waals surface area contributed by atoms with Gasteiger partial charge in [0.05, 0.1) is 31.5 Å². The second kappa shape index (κ2) is 7.03. The van der Waals surface area contributed by atoms with Crippen molar-refractivity contribution in [1.82, 2.24) is 24.9 Å². The van der Waals surface area contributed by atoms with Crippen LogP contribution in [0.3, 0.4) is 0 Å². The first-order valence-electron chi connectivity index (χ1n) is 9.41. The van der Waals surface area contributed by atoms with E-state index in [0.29, 0.717) is 43.3 Å². The summed E-state index contributed by atoms with van der Waals surface area (Å²) in [6.45, 7) is 1.57. The molecule has 2 aliphatic rings. The molecule has 10 heteroatoms. The Labute approximate surface area is 164 Å². The first-order valence-corrected chi connectivity index (χ1v) is 9.41. The van der Waals surface area contributed by atoms with Crippen molar-refractivity contribution in [3.8, 4) is 0 Å². The molecule has 8 nitrogen and oxygen atoms in total. The number of aromatic nitrogens is 4. The Bertz CT molecular complexity index is 1080. The molecule has 0 saturated carbocycles. The number of ether oxygens (including phenoxy) is 1. The molecule has 0 aliphatic carbocycles. The molecule has 0 radical (unpaired) electrons. The normalized spacial score (nSPS) is 19.5. The SMILES string of the molecule is O=C(NC1COC1)c1cnn2cnc(N3CCC[C@@H]3c3cc(F)ccc3F)nc12. The number of nitrogens with one attached hydrogen (secondary N) is 1. The fraction of sp³-hybridized carbons (Fsp3) is 0.368. The average molecular weight is 400 g/mol. The highest BCUT2D eigenvalue weighted by molar-refractivity contribution is 5.99. The van der Waals surface area contributed by atoms with Gasteiger partial charge in [0.2, 0.25) is 5.95 Å². The second-order valence-corrected chi connectivity index (χ2v) is 7.21. The lowest BCUT2D eigenvalue weighted by molar-refractivity contribution is -0.00343. The van der Waals surface area contributed by atoms with E-state index in [1.54, 1.807) is 0 Å². The smallest absolute Gasteiger partial charge is 0.257 e. The third-order valence-corrected chi connectivity index (χ3v) is 5.30. The summed E-state index contributed by atoms with van der Waals surface area (Å²) in [5.74, 6) is -0.881. The Kier molecular flexibility index (Phi) is 4.35. The van der Waals surface area contributed by atoms with Crippen LogP contribution in [0.25, 0.3) is 5.65 Å². The number of rotatable bonds is 4. The van der Waals surface area contributed by atoms with Crippen LogP contribution in [0.4, 0.5) is 14.7 Å². The maximum absolute atomic E-state index is 14.3. The summed E-state index contributed by atoms with van der Waals surface area (Å²) in [6, 6.07) is 3.06. The Morgan fingerprint density at radius 2 is 2.14 bits per heavy atom. The number of hydrogen-bond acceptors (Lipinski definition) is 6. The Balaban J connectivity index is 1.48. The van der Waals surface area contributed by atoms with E-state index in [9.17, 15) is 13.6 Å². The number of halogens is 2. The zero-order valence-electron chi connectivity index (χ0n) is 15.4. The van der Waals surface area contributed by atoms with Crippen molar-refractivity contribution in [1.29, 1.82) is 0 Å². The van der Waals surface area contributed by atoms with Gasteiger partial charge in [0.25, 0.3) is 5.91 Å². The van der Waals surface area contributed by atoms with Gasteiger partial charge in [0.15, 0.2) is 5.65 Å². The summed E-state index contributed by atoms with van der Waals surface area (Å²) >= 11 is 0. The molecule has 1 atom stereocenters. The van der Waals surface area contributed by atoms with Gasteiger partial charge in [-0.25, -0.2) is 18.3 Å². The molecule has 0 unspecified atom stereocenters. The zero-order chi connectivity index (χ0) is 20.0. The minimum absolute atomic E-state index is 0.0160. The first kappa shape index (κ1) is 17.9. The predicted octanol–water partition coefficient (Wildman–Crippen LogP) is 1.87. The lowest BCUT2D eigenvalue weighted by Gasteiger charge is -2.26. The lowest BCUT2D eigenvalue weighted by atomic mass is 10.0. The molecule has 0 spiro atoms. The van der Waals surface area contributed by atoms with Gasteiger partial charge in [-0.1, -0.05) is 0 Å². The highest BCUT2D eigenvalue weighted by Crippen LogP contribution is 2.36. The van der Waals surface area contributed by atoms with E-state index in [-0.39, 0.29) is 23.6 Å². The maximum atomic E-state index is 14.3. The van der Waals surface area contributed by atoms with Crippen LogP contribution in [0.15, 0.2) is 30.7 Å². The predicted molar refractivity (Wildman–Crippen MR) is 98.5 cm³/mol. The first-order chi connectivity index (χ1) is 14.1. The van der Waals surface area contributed by atoms with Crippen LogP contribution >= 0.6 is 0 Å². The molecule has 2 fully saturated rings. The van der Waals surface area contributed by atoms with E-state index < -0.39 is 11.6 Å². The van der Waals surface area contributed by atoms with Crippen LogP contribution in [0.2, 0.25) is 0 Å². The average Bonchev–Trinajstić information content (AvgIpc) is 3.33. The molecule has 29 heavy (non-hydrogen) atoms. The maximum Gasteiger partial charge on any atom is 0.257 e. The molecule has 1 aromatic carbocycles. The van der Waals surface area contributed by atoms with Gasteiger partial charge < -0.3 is 15.0 Å². The van der Waals surface area contributed by atoms with Crippen LogP contribution in [0.1, 0.15) is 34.8 Å². The summed E-state index contributed by atoms with van der Waals surface area (Å²) < 4.78 is 34.5. The van der Waals surface area contributed by atoms with Crippen LogP contribution in [-0.2, 0) is 4.74 Å². The van der Waals surface area contributed by atoms with Crippen LogP contribution in [0.5, 0.6) is 0 Å². The molecule has 1 amide bonds. The van der Waals surface area contributed by atoms with E-state index >= 15 is 0 Å². The summed E-state index contributed by atoms with van der Waals surface area (Å²) in [7, 11) is 0. The van der Waals surface area contributed by atoms with Crippen LogP contribution < -0.4 is 10.2 Å². The monoisotopic (exact) mass is 400 g/mol. The number of carbonyl (C=O) groups excluding carboxylic acids is 1. The molecule has 2 saturated heterocycles. The summed E-state index contributed by atoms with van der Waals surface area (Å²) in [5, 5.41) is 7.00. The second-order valence-electron chi connectivity index (χ2n) is 7.21. The van der Waals surface area contributed by atoms with Crippen LogP contribution in [0, 0.1) is 11.6 Å². The van der Waals surface area contributed by atoms with E-state index in [1.165, 1.54) is 23.1 Å². The standard InChI is InChI=1S/C19H18F2N6O2/c20-11-3-4-15(21)13(6-11)16-2-1-5-26(16)19-22-10-27-17(25-19)14(7-23-27)18(28)24-12-8-29-9-12/h3-4,6-7,10,12,16H,1-2,5,8-9H2,(H,24,28)/t16-/m1/s1. The van der Waals surface area contributed by atoms with Crippen molar-refractivity contribution in [2.75, 3.05) is 24.7 Å². The lowest BCUT2D eigenvalue weighted by Crippen LogP contribution is -2.48. The van der Waals surface area contributed by atoms with E-state index in [4.69, 9.17) is 4.74 Å². The van der Waals surface area contributed by atoms with Crippen molar-refractivity contribution >= 4 is 17.5 Å². The number of carbonyl (C=O) groups is 1. The zero-order valence-corrected chi connectivity index (χ0v) is 15.4.